The van der Waals surface area contributed by atoms with E-state index < -0.39 is 0 Å². The summed E-state index contributed by atoms with van der Waals surface area (Å²) in [4.78, 5) is 14.5. The van der Waals surface area contributed by atoms with Gasteiger partial charge in [-0.2, -0.15) is 4.68 Å². The van der Waals surface area contributed by atoms with Crippen molar-refractivity contribution in [3.63, 3.8) is 0 Å². The van der Waals surface area contributed by atoms with Crippen LogP contribution in [0, 0.1) is 5.82 Å². The van der Waals surface area contributed by atoms with Gasteiger partial charge in [0.15, 0.2) is 0 Å². The topological polar surface area (TPSA) is 73.1 Å². The van der Waals surface area contributed by atoms with Crippen LogP contribution in [0.1, 0.15) is 17.3 Å². The van der Waals surface area contributed by atoms with Gasteiger partial charge in [-0.1, -0.05) is 0 Å². The number of hydrogen-bond donors (Lipinski definition) is 0. The highest BCUT2D eigenvalue weighted by Crippen LogP contribution is 2.25. The molecule has 3 rings (SSSR count). The standard InChI is InChI=1S/C17H16FN5O2/c1-3-22(14-7-5-13(18)6-8-14)17(24)12-4-9-16(25-2)15(10-12)23-11-19-20-21-23/h4-11H,3H2,1-2H3. The molecule has 128 valence electrons. The van der Waals surface area contributed by atoms with Crippen molar-refractivity contribution in [1.29, 1.82) is 0 Å². The van der Waals surface area contributed by atoms with E-state index >= 15 is 0 Å². The van der Waals surface area contributed by atoms with E-state index in [9.17, 15) is 9.18 Å². The normalized spacial score (nSPS) is 10.5. The summed E-state index contributed by atoms with van der Waals surface area (Å²) in [5.74, 6) is -0.0302. The molecule has 0 aliphatic carbocycles. The fourth-order valence-electron chi connectivity index (χ4n) is 2.49. The van der Waals surface area contributed by atoms with Crippen LogP contribution in [0.25, 0.3) is 5.69 Å². The highest BCUT2D eigenvalue weighted by Gasteiger charge is 2.19. The molecule has 0 bridgehead atoms. The fraction of sp³-hybridized carbons (Fsp3) is 0.176. The minimum atomic E-state index is -0.349. The Morgan fingerprint density at radius 2 is 2.00 bits per heavy atom. The molecule has 0 saturated carbocycles. The second-order valence-electron chi connectivity index (χ2n) is 5.17. The van der Waals surface area contributed by atoms with Gasteiger partial charge >= 0.3 is 0 Å². The zero-order chi connectivity index (χ0) is 17.8. The average Bonchev–Trinajstić information content (AvgIpc) is 3.17. The van der Waals surface area contributed by atoms with Gasteiger partial charge in [-0.25, -0.2) is 4.39 Å². The van der Waals surface area contributed by atoms with Crippen LogP contribution in [-0.2, 0) is 0 Å². The Bertz CT molecular complexity index is 865. The smallest absolute Gasteiger partial charge is 0.258 e. The number of tetrazole rings is 1. The molecule has 0 aliphatic heterocycles. The third-order valence-corrected chi connectivity index (χ3v) is 3.72. The van der Waals surface area contributed by atoms with Crippen LogP contribution in [0.4, 0.5) is 10.1 Å². The molecular weight excluding hydrogens is 325 g/mol. The first-order valence-electron chi connectivity index (χ1n) is 7.63. The van der Waals surface area contributed by atoms with Gasteiger partial charge < -0.3 is 9.64 Å². The molecule has 0 saturated heterocycles. The lowest BCUT2D eigenvalue weighted by molar-refractivity contribution is 0.0988. The molecule has 1 amide bonds. The molecule has 0 fully saturated rings. The first-order valence-corrected chi connectivity index (χ1v) is 7.63. The number of methoxy groups -OCH3 is 1. The van der Waals surface area contributed by atoms with Gasteiger partial charge in [-0.05, 0) is 59.8 Å². The number of ether oxygens (including phenoxy) is 1. The van der Waals surface area contributed by atoms with Crippen LogP contribution in [0.2, 0.25) is 0 Å². The zero-order valence-electron chi connectivity index (χ0n) is 13.8. The van der Waals surface area contributed by atoms with Crippen LogP contribution >= 0.6 is 0 Å². The molecule has 0 N–H and O–H groups in total. The lowest BCUT2D eigenvalue weighted by atomic mass is 10.1. The van der Waals surface area contributed by atoms with Crippen molar-refractivity contribution < 1.29 is 13.9 Å². The fourth-order valence-corrected chi connectivity index (χ4v) is 2.49. The summed E-state index contributed by atoms with van der Waals surface area (Å²) in [5.41, 5.74) is 1.61. The molecule has 0 spiro atoms. The maximum Gasteiger partial charge on any atom is 0.258 e. The molecule has 0 aliphatic rings. The molecule has 7 nitrogen and oxygen atoms in total. The number of carbonyl (C=O) groups excluding carboxylic acids is 1. The number of aromatic nitrogens is 4. The summed E-state index contributed by atoms with van der Waals surface area (Å²) in [5, 5.41) is 11.0. The van der Waals surface area contributed by atoms with Crippen molar-refractivity contribution in [2.45, 2.75) is 6.92 Å². The quantitative estimate of drug-likeness (QED) is 0.713. The number of rotatable bonds is 5. The number of nitrogens with zero attached hydrogens (tertiary/aromatic N) is 5. The van der Waals surface area contributed by atoms with Gasteiger partial charge in [0.05, 0.1) is 7.11 Å². The Balaban J connectivity index is 1.98. The first kappa shape index (κ1) is 16.6. The zero-order valence-corrected chi connectivity index (χ0v) is 13.8. The van der Waals surface area contributed by atoms with E-state index in [1.165, 1.54) is 30.3 Å². The lowest BCUT2D eigenvalue weighted by Crippen LogP contribution is -2.30. The Morgan fingerprint density at radius 3 is 2.60 bits per heavy atom. The number of amides is 1. The molecule has 1 aromatic heterocycles. The highest BCUT2D eigenvalue weighted by molar-refractivity contribution is 6.06. The molecule has 3 aromatic rings. The van der Waals surface area contributed by atoms with E-state index in [0.29, 0.717) is 29.2 Å². The van der Waals surface area contributed by atoms with Gasteiger partial charge in [0, 0.05) is 17.8 Å². The van der Waals surface area contributed by atoms with Crippen molar-refractivity contribution in [3.05, 3.63) is 60.2 Å². The number of benzene rings is 2. The summed E-state index contributed by atoms with van der Waals surface area (Å²) in [6.45, 7) is 2.30. The third kappa shape index (κ3) is 3.32. The van der Waals surface area contributed by atoms with Crippen molar-refractivity contribution in [1.82, 2.24) is 20.2 Å². The second-order valence-corrected chi connectivity index (χ2v) is 5.17. The Hall–Kier alpha value is -3.29. The highest BCUT2D eigenvalue weighted by atomic mass is 19.1. The van der Waals surface area contributed by atoms with Crippen LogP contribution in [0.15, 0.2) is 48.8 Å². The van der Waals surface area contributed by atoms with Crippen molar-refractivity contribution in [2.75, 3.05) is 18.6 Å². The van der Waals surface area contributed by atoms with Gasteiger partial charge in [0.2, 0.25) is 0 Å². The number of carbonyl (C=O) groups is 1. The lowest BCUT2D eigenvalue weighted by Gasteiger charge is -2.21. The van der Waals surface area contributed by atoms with E-state index in [-0.39, 0.29) is 11.7 Å². The van der Waals surface area contributed by atoms with Crippen LogP contribution in [-0.4, -0.2) is 39.8 Å². The molecule has 0 radical (unpaired) electrons. The number of halogens is 1. The monoisotopic (exact) mass is 341 g/mol. The predicted octanol–water partition coefficient (Wildman–Crippen LogP) is 2.48. The van der Waals surface area contributed by atoms with Crippen LogP contribution in [0.5, 0.6) is 5.75 Å². The molecule has 25 heavy (non-hydrogen) atoms. The van der Waals surface area contributed by atoms with E-state index in [0.717, 1.165) is 0 Å². The Labute approximate surface area is 143 Å². The van der Waals surface area contributed by atoms with Crippen LogP contribution in [0.3, 0.4) is 0 Å². The van der Waals surface area contributed by atoms with Gasteiger partial charge in [-0.15, -0.1) is 5.10 Å². The minimum absolute atomic E-state index is 0.217. The van der Waals surface area contributed by atoms with Gasteiger partial charge in [-0.3, -0.25) is 4.79 Å². The van der Waals surface area contributed by atoms with Crippen molar-refractivity contribution in [3.8, 4) is 11.4 Å². The van der Waals surface area contributed by atoms with E-state index in [1.807, 2.05) is 6.92 Å². The van der Waals surface area contributed by atoms with Crippen LogP contribution < -0.4 is 9.64 Å². The van der Waals surface area contributed by atoms with Gasteiger partial charge in [0.25, 0.3) is 5.91 Å². The summed E-state index contributed by atoms with van der Waals surface area (Å²) < 4.78 is 19.9. The summed E-state index contributed by atoms with van der Waals surface area (Å²) in [6, 6.07) is 10.8. The Morgan fingerprint density at radius 1 is 1.24 bits per heavy atom. The maximum absolute atomic E-state index is 13.1. The van der Waals surface area contributed by atoms with Crippen molar-refractivity contribution in [2.24, 2.45) is 0 Å². The van der Waals surface area contributed by atoms with E-state index in [1.54, 1.807) is 35.2 Å². The SMILES string of the molecule is CCN(C(=O)c1ccc(OC)c(-n2cnnn2)c1)c1ccc(F)cc1. The van der Waals surface area contributed by atoms with E-state index in [2.05, 4.69) is 15.5 Å². The third-order valence-electron chi connectivity index (χ3n) is 3.72. The summed E-state index contributed by atoms with van der Waals surface area (Å²) in [6.07, 6.45) is 1.42. The molecule has 8 heteroatoms. The minimum Gasteiger partial charge on any atom is -0.494 e. The molecule has 0 atom stereocenters. The van der Waals surface area contributed by atoms with Gasteiger partial charge in [0.1, 0.15) is 23.6 Å². The average molecular weight is 341 g/mol. The molecule has 0 unspecified atom stereocenters. The molecule has 2 aromatic carbocycles. The second kappa shape index (κ2) is 7.08. The van der Waals surface area contributed by atoms with E-state index in [4.69, 9.17) is 4.74 Å². The Kier molecular flexibility index (Phi) is 4.69. The molecular formula is C17H16FN5O2. The van der Waals surface area contributed by atoms with Crippen molar-refractivity contribution >= 4 is 11.6 Å². The predicted molar refractivity (Wildman–Crippen MR) is 89.5 cm³/mol. The number of hydrogen-bond acceptors (Lipinski definition) is 5. The summed E-state index contributed by atoms with van der Waals surface area (Å²) in [7, 11) is 1.53. The largest absolute Gasteiger partial charge is 0.494 e. The summed E-state index contributed by atoms with van der Waals surface area (Å²) >= 11 is 0. The number of anilines is 1. The maximum atomic E-state index is 13.1. The first-order chi connectivity index (χ1) is 12.1. The molecule has 1 heterocycles.